The standard InChI is InChI=1S/C22H19F5N2O3/c23-16-6-7-18(24)17(9-16)15-8-14(13-4-2-1-3-5-13)11-29(12-15)20(30)10-19(28)32-21(31)22(25,26)27/h1-9,14,19H,10-12,28H2. The van der Waals surface area contributed by atoms with Gasteiger partial charge in [0.2, 0.25) is 5.91 Å². The average molecular weight is 454 g/mol. The number of hydrogen-bond donors (Lipinski definition) is 1. The molecule has 0 bridgehead atoms. The molecule has 5 nitrogen and oxygen atoms in total. The molecule has 0 saturated carbocycles. The van der Waals surface area contributed by atoms with Crippen LogP contribution in [-0.4, -0.2) is 42.3 Å². The van der Waals surface area contributed by atoms with E-state index in [0.29, 0.717) is 5.57 Å². The maximum atomic E-state index is 14.4. The molecule has 32 heavy (non-hydrogen) atoms. The second-order valence-corrected chi connectivity index (χ2v) is 7.25. The maximum absolute atomic E-state index is 14.4. The van der Waals surface area contributed by atoms with Crippen LogP contribution in [0.4, 0.5) is 22.0 Å². The second kappa shape index (κ2) is 9.47. The van der Waals surface area contributed by atoms with E-state index < -0.39 is 42.3 Å². The number of halogens is 5. The number of nitrogens with two attached hydrogens (primary N) is 1. The van der Waals surface area contributed by atoms with Gasteiger partial charge < -0.3 is 9.64 Å². The fraction of sp³-hybridized carbons (Fsp3) is 0.273. The Morgan fingerprint density at radius 3 is 2.47 bits per heavy atom. The van der Waals surface area contributed by atoms with Gasteiger partial charge in [-0.1, -0.05) is 36.4 Å². The van der Waals surface area contributed by atoms with Crippen LogP contribution in [0.1, 0.15) is 23.5 Å². The predicted octanol–water partition coefficient (Wildman–Crippen LogP) is 3.75. The Hall–Kier alpha value is -3.27. The van der Waals surface area contributed by atoms with Crippen molar-refractivity contribution in [1.29, 1.82) is 0 Å². The lowest BCUT2D eigenvalue weighted by Gasteiger charge is -2.33. The van der Waals surface area contributed by atoms with E-state index >= 15 is 0 Å². The van der Waals surface area contributed by atoms with Crippen molar-refractivity contribution in [2.75, 3.05) is 13.1 Å². The number of carbonyl (C=O) groups is 2. The molecule has 10 heteroatoms. The van der Waals surface area contributed by atoms with Crippen molar-refractivity contribution < 1.29 is 36.3 Å². The Bertz CT molecular complexity index is 1020. The van der Waals surface area contributed by atoms with E-state index in [1.165, 1.54) is 4.90 Å². The van der Waals surface area contributed by atoms with Gasteiger partial charge in [0.05, 0.1) is 6.42 Å². The highest BCUT2D eigenvalue weighted by Crippen LogP contribution is 2.31. The zero-order chi connectivity index (χ0) is 23.5. The minimum Gasteiger partial charge on any atom is -0.440 e. The smallest absolute Gasteiger partial charge is 0.440 e. The van der Waals surface area contributed by atoms with E-state index in [9.17, 15) is 31.5 Å². The summed E-state index contributed by atoms with van der Waals surface area (Å²) in [7, 11) is 0. The molecule has 1 aliphatic heterocycles. The highest BCUT2D eigenvalue weighted by atomic mass is 19.4. The van der Waals surface area contributed by atoms with E-state index in [0.717, 1.165) is 23.8 Å². The van der Waals surface area contributed by atoms with Crippen molar-refractivity contribution in [3.63, 3.8) is 0 Å². The summed E-state index contributed by atoms with van der Waals surface area (Å²) in [4.78, 5) is 24.9. The lowest BCUT2D eigenvalue weighted by atomic mass is 9.89. The molecule has 0 radical (unpaired) electrons. The second-order valence-electron chi connectivity index (χ2n) is 7.25. The first-order chi connectivity index (χ1) is 15.0. The van der Waals surface area contributed by atoms with Gasteiger partial charge in [-0.25, -0.2) is 13.6 Å². The highest BCUT2D eigenvalue weighted by molar-refractivity contribution is 5.82. The lowest BCUT2D eigenvalue weighted by molar-refractivity contribution is -0.205. The number of esters is 1. The maximum Gasteiger partial charge on any atom is 0.490 e. The van der Waals surface area contributed by atoms with Gasteiger partial charge in [0.15, 0.2) is 6.23 Å². The molecule has 2 atom stereocenters. The first kappa shape index (κ1) is 23.4. The number of amides is 1. The molecule has 0 saturated heterocycles. The van der Waals surface area contributed by atoms with E-state index in [2.05, 4.69) is 4.74 Å². The summed E-state index contributed by atoms with van der Waals surface area (Å²) in [5, 5.41) is 0. The Morgan fingerprint density at radius 2 is 1.81 bits per heavy atom. The van der Waals surface area contributed by atoms with Gasteiger partial charge in [0.1, 0.15) is 11.6 Å². The molecule has 1 aliphatic rings. The van der Waals surface area contributed by atoms with Crippen LogP contribution in [0.25, 0.3) is 5.57 Å². The van der Waals surface area contributed by atoms with Crippen LogP contribution < -0.4 is 5.73 Å². The third kappa shape index (κ3) is 5.70. The Morgan fingerprint density at radius 1 is 1.12 bits per heavy atom. The monoisotopic (exact) mass is 454 g/mol. The summed E-state index contributed by atoms with van der Waals surface area (Å²) in [6, 6.07) is 11.9. The molecular formula is C22H19F5N2O3. The molecule has 3 rings (SSSR count). The lowest BCUT2D eigenvalue weighted by Crippen LogP contribution is -2.43. The third-order valence-corrected chi connectivity index (χ3v) is 4.90. The molecule has 2 N–H and O–H groups in total. The third-order valence-electron chi connectivity index (χ3n) is 4.90. The highest BCUT2D eigenvalue weighted by Gasteiger charge is 2.42. The van der Waals surface area contributed by atoms with Crippen LogP contribution in [-0.2, 0) is 14.3 Å². The summed E-state index contributed by atoms with van der Waals surface area (Å²) in [5.41, 5.74) is 6.50. The van der Waals surface area contributed by atoms with Crippen LogP contribution in [0.15, 0.2) is 54.6 Å². The SMILES string of the molecule is NC(CC(=O)N1CC(c2cc(F)ccc2F)=CC(c2ccccc2)C1)OC(=O)C(F)(F)F. The van der Waals surface area contributed by atoms with Gasteiger partial charge in [0.25, 0.3) is 0 Å². The summed E-state index contributed by atoms with van der Waals surface area (Å²) < 4.78 is 69.2. The molecule has 2 aromatic rings. The molecule has 0 spiro atoms. The molecule has 0 fully saturated rings. The van der Waals surface area contributed by atoms with Gasteiger partial charge >= 0.3 is 12.1 Å². The van der Waals surface area contributed by atoms with Gasteiger partial charge in [-0.2, -0.15) is 13.2 Å². The van der Waals surface area contributed by atoms with Crippen molar-refractivity contribution >= 4 is 17.4 Å². The van der Waals surface area contributed by atoms with Crippen molar-refractivity contribution in [3.8, 4) is 0 Å². The zero-order valence-corrected chi connectivity index (χ0v) is 16.6. The van der Waals surface area contributed by atoms with E-state index in [-0.39, 0.29) is 24.6 Å². The van der Waals surface area contributed by atoms with E-state index in [1.807, 2.05) is 0 Å². The summed E-state index contributed by atoms with van der Waals surface area (Å²) in [5.74, 6) is -4.94. The number of ether oxygens (including phenoxy) is 1. The summed E-state index contributed by atoms with van der Waals surface area (Å²) in [6.45, 7) is 0.00565. The molecule has 0 aliphatic carbocycles. The average Bonchev–Trinajstić information content (AvgIpc) is 2.75. The fourth-order valence-electron chi connectivity index (χ4n) is 3.41. The first-order valence-corrected chi connectivity index (χ1v) is 9.57. The van der Waals surface area contributed by atoms with Crippen molar-refractivity contribution in [2.45, 2.75) is 24.7 Å². The van der Waals surface area contributed by atoms with Crippen LogP contribution >= 0.6 is 0 Å². The quantitative estimate of drug-likeness (QED) is 0.424. The van der Waals surface area contributed by atoms with Crippen LogP contribution in [0.5, 0.6) is 0 Å². The minimum absolute atomic E-state index is 0.0313. The number of hydrogen-bond acceptors (Lipinski definition) is 4. The minimum atomic E-state index is -5.24. The van der Waals surface area contributed by atoms with Gasteiger partial charge in [-0.3, -0.25) is 10.5 Å². The van der Waals surface area contributed by atoms with Crippen LogP contribution in [0.3, 0.4) is 0 Å². The molecule has 1 heterocycles. The number of carbonyl (C=O) groups excluding carboxylic acids is 2. The summed E-state index contributed by atoms with van der Waals surface area (Å²) in [6.07, 6.45) is -6.04. The van der Waals surface area contributed by atoms with Gasteiger partial charge in [-0.15, -0.1) is 0 Å². The first-order valence-electron chi connectivity index (χ1n) is 9.57. The molecule has 1 amide bonds. The van der Waals surface area contributed by atoms with E-state index in [1.54, 1.807) is 36.4 Å². The number of nitrogens with zero attached hydrogens (tertiary/aromatic N) is 1. The largest absolute Gasteiger partial charge is 0.490 e. The number of rotatable bonds is 5. The normalized spacial score (nSPS) is 17.5. The topological polar surface area (TPSA) is 72.6 Å². The van der Waals surface area contributed by atoms with Crippen molar-refractivity contribution in [3.05, 3.63) is 77.4 Å². The van der Waals surface area contributed by atoms with Gasteiger partial charge in [-0.05, 0) is 29.3 Å². The van der Waals surface area contributed by atoms with Crippen molar-refractivity contribution in [2.24, 2.45) is 5.73 Å². The molecule has 0 aromatic heterocycles. The predicted molar refractivity (Wildman–Crippen MR) is 105 cm³/mol. The van der Waals surface area contributed by atoms with Crippen LogP contribution in [0.2, 0.25) is 0 Å². The van der Waals surface area contributed by atoms with Gasteiger partial charge in [0, 0.05) is 24.6 Å². The molecular weight excluding hydrogens is 435 g/mol. The zero-order valence-electron chi connectivity index (χ0n) is 16.6. The molecule has 2 unspecified atom stereocenters. The Labute approximate surface area is 180 Å². The number of benzene rings is 2. The van der Waals surface area contributed by atoms with Crippen LogP contribution in [0, 0.1) is 11.6 Å². The van der Waals surface area contributed by atoms with E-state index in [4.69, 9.17) is 5.73 Å². The Balaban J connectivity index is 1.84. The molecule has 170 valence electrons. The Kier molecular flexibility index (Phi) is 6.93. The molecule has 2 aromatic carbocycles. The van der Waals surface area contributed by atoms with Crippen molar-refractivity contribution in [1.82, 2.24) is 4.90 Å². The summed E-state index contributed by atoms with van der Waals surface area (Å²) >= 11 is 0. The number of alkyl halides is 3. The fourth-order valence-corrected chi connectivity index (χ4v) is 3.41.